The number of fused-ring (bicyclic) bond motifs is 1. The predicted molar refractivity (Wildman–Crippen MR) is 107 cm³/mol. The molecule has 27 heavy (non-hydrogen) atoms. The Morgan fingerprint density at radius 3 is 2.70 bits per heavy atom. The number of benzene rings is 1. The van der Waals surface area contributed by atoms with Gasteiger partial charge in [-0.3, -0.25) is 9.59 Å². The van der Waals surface area contributed by atoms with Crippen LogP contribution in [-0.2, 0) is 22.6 Å². The van der Waals surface area contributed by atoms with Crippen LogP contribution in [-0.4, -0.2) is 54.3 Å². The summed E-state index contributed by atoms with van der Waals surface area (Å²) in [6.45, 7) is 7.08. The van der Waals surface area contributed by atoms with Gasteiger partial charge >= 0.3 is 0 Å². The molecule has 1 saturated heterocycles. The van der Waals surface area contributed by atoms with Gasteiger partial charge in [-0.2, -0.15) is 0 Å². The average molecular weight is 372 g/mol. The molecule has 0 bridgehead atoms. The molecule has 3 atom stereocenters. The summed E-state index contributed by atoms with van der Waals surface area (Å²) in [7, 11) is 1.96. The lowest BCUT2D eigenvalue weighted by Crippen LogP contribution is -2.56. The third kappa shape index (κ3) is 4.34. The summed E-state index contributed by atoms with van der Waals surface area (Å²) in [5.74, 6) is 0.683. The molecule has 0 spiro atoms. The molecule has 0 saturated carbocycles. The Labute approximate surface area is 163 Å². The fourth-order valence-electron chi connectivity index (χ4n) is 4.36. The number of likely N-dealkylation sites (tertiary alicyclic amines) is 1. The normalized spacial score (nSPS) is 23.7. The first-order valence-electron chi connectivity index (χ1n) is 10.4. The molecule has 3 unspecified atom stereocenters. The van der Waals surface area contributed by atoms with E-state index in [0.29, 0.717) is 18.9 Å². The zero-order valence-electron chi connectivity index (χ0n) is 16.9. The third-order valence-electron chi connectivity index (χ3n) is 6.17. The summed E-state index contributed by atoms with van der Waals surface area (Å²) >= 11 is 0. The number of hydrogen-bond donors (Lipinski definition) is 1. The van der Waals surface area contributed by atoms with Gasteiger partial charge in [-0.1, -0.05) is 38.1 Å². The van der Waals surface area contributed by atoms with Crippen molar-refractivity contribution in [3.05, 3.63) is 35.4 Å². The third-order valence-corrected chi connectivity index (χ3v) is 6.17. The van der Waals surface area contributed by atoms with Crippen molar-refractivity contribution in [2.75, 3.05) is 26.7 Å². The Morgan fingerprint density at radius 1 is 1.26 bits per heavy atom. The quantitative estimate of drug-likeness (QED) is 0.865. The molecule has 0 aromatic heterocycles. The summed E-state index contributed by atoms with van der Waals surface area (Å²) < 4.78 is 0. The smallest absolute Gasteiger partial charge is 0.245 e. The van der Waals surface area contributed by atoms with E-state index in [9.17, 15) is 9.59 Å². The number of nitrogens with zero attached hydrogens (tertiary/aromatic N) is 2. The monoisotopic (exact) mass is 371 g/mol. The summed E-state index contributed by atoms with van der Waals surface area (Å²) in [4.78, 5) is 30.3. The lowest BCUT2D eigenvalue weighted by Gasteiger charge is -2.41. The van der Waals surface area contributed by atoms with Gasteiger partial charge in [-0.15, -0.1) is 0 Å². The van der Waals surface area contributed by atoms with Gasteiger partial charge in [0.15, 0.2) is 0 Å². The maximum atomic E-state index is 13.5. The van der Waals surface area contributed by atoms with Gasteiger partial charge < -0.3 is 15.1 Å². The number of piperidine rings is 1. The SMILES string of the molecule is CCC(C)C(=O)N1Cc2ccccc2CC1C(=O)N1CCCC(CNC)C1. The van der Waals surface area contributed by atoms with Crippen LogP contribution in [0.3, 0.4) is 0 Å². The van der Waals surface area contributed by atoms with Gasteiger partial charge in [0.05, 0.1) is 0 Å². The van der Waals surface area contributed by atoms with Crippen LogP contribution >= 0.6 is 0 Å². The van der Waals surface area contributed by atoms with Crippen LogP contribution in [0.5, 0.6) is 0 Å². The summed E-state index contributed by atoms with van der Waals surface area (Å²) in [6.07, 6.45) is 3.63. The van der Waals surface area contributed by atoms with Gasteiger partial charge in [0.1, 0.15) is 6.04 Å². The Bertz CT molecular complexity index is 673. The van der Waals surface area contributed by atoms with Crippen molar-refractivity contribution in [1.82, 2.24) is 15.1 Å². The van der Waals surface area contributed by atoms with E-state index < -0.39 is 0 Å². The molecule has 5 heteroatoms. The summed E-state index contributed by atoms with van der Waals surface area (Å²) in [5.41, 5.74) is 2.37. The molecular formula is C22H33N3O2. The Morgan fingerprint density at radius 2 is 2.00 bits per heavy atom. The Balaban J connectivity index is 1.83. The van der Waals surface area contributed by atoms with Crippen LogP contribution in [0, 0.1) is 11.8 Å². The molecular weight excluding hydrogens is 338 g/mol. The maximum absolute atomic E-state index is 13.5. The summed E-state index contributed by atoms with van der Waals surface area (Å²) in [5, 5.41) is 3.24. The second kappa shape index (κ2) is 8.87. The highest BCUT2D eigenvalue weighted by Crippen LogP contribution is 2.28. The fraction of sp³-hybridized carbons (Fsp3) is 0.636. The molecule has 2 amide bonds. The molecule has 148 valence electrons. The zero-order chi connectivity index (χ0) is 19.4. The molecule has 0 radical (unpaired) electrons. The van der Waals surface area contributed by atoms with E-state index in [-0.39, 0.29) is 23.8 Å². The molecule has 3 rings (SSSR count). The average Bonchev–Trinajstić information content (AvgIpc) is 2.71. The van der Waals surface area contributed by atoms with Crippen LogP contribution in [0.25, 0.3) is 0 Å². The van der Waals surface area contributed by atoms with Crippen LogP contribution in [0.4, 0.5) is 0 Å². The van der Waals surface area contributed by atoms with Gasteiger partial charge in [0, 0.05) is 32.0 Å². The van der Waals surface area contributed by atoms with Crippen molar-refractivity contribution in [2.24, 2.45) is 11.8 Å². The lowest BCUT2D eigenvalue weighted by molar-refractivity contribution is -0.150. The van der Waals surface area contributed by atoms with Crippen LogP contribution < -0.4 is 5.32 Å². The first kappa shape index (κ1) is 19.9. The molecule has 2 aliphatic rings. The van der Waals surface area contributed by atoms with Crippen LogP contribution in [0.2, 0.25) is 0 Å². The van der Waals surface area contributed by atoms with E-state index in [1.807, 2.05) is 42.8 Å². The Kier molecular flexibility index (Phi) is 6.53. The standard InChI is InChI=1S/C22H33N3O2/c1-4-16(2)21(26)25-15-19-10-6-5-9-18(19)12-20(25)22(27)24-11-7-8-17(14-24)13-23-3/h5-6,9-10,16-17,20,23H,4,7-8,11-15H2,1-3H3. The number of carbonyl (C=O) groups is 2. The van der Waals surface area contributed by atoms with Gasteiger partial charge in [0.2, 0.25) is 11.8 Å². The minimum Gasteiger partial charge on any atom is -0.341 e. The number of nitrogens with one attached hydrogen (secondary N) is 1. The first-order valence-corrected chi connectivity index (χ1v) is 10.4. The van der Waals surface area contributed by atoms with E-state index in [0.717, 1.165) is 38.9 Å². The highest BCUT2D eigenvalue weighted by atomic mass is 16.2. The Hall–Kier alpha value is -1.88. The van der Waals surface area contributed by atoms with Crippen molar-refractivity contribution in [3.63, 3.8) is 0 Å². The highest BCUT2D eigenvalue weighted by Gasteiger charge is 2.38. The molecule has 1 aromatic rings. The van der Waals surface area contributed by atoms with E-state index >= 15 is 0 Å². The highest BCUT2D eigenvalue weighted by molar-refractivity contribution is 5.89. The molecule has 0 aliphatic carbocycles. The van der Waals surface area contributed by atoms with E-state index in [1.54, 1.807) is 0 Å². The molecule has 1 N–H and O–H groups in total. The van der Waals surface area contributed by atoms with Crippen LogP contribution in [0.15, 0.2) is 24.3 Å². The minimum atomic E-state index is -0.366. The van der Waals surface area contributed by atoms with Crippen LogP contribution in [0.1, 0.15) is 44.2 Å². The van der Waals surface area contributed by atoms with Crippen molar-refractivity contribution < 1.29 is 9.59 Å². The van der Waals surface area contributed by atoms with Gasteiger partial charge in [0.25, 0.3) is 0 Å². The molecule has 2 heterocycles. The minimum absolute atomic E-state index is 0.0519. The van der Waals surface area contributed by atoms with Crippen molar-refractivity contribution in [2.45, 2.75) is 52.1 Å². The number of carbonyl (C=O) groups excluding carboxylic acids is 2. The van der Waals surface area contributed by atoms with Crippen molar-refractivity contribution >= 4 is 11.8 Å². The number of amides is 2. The second-order valence-corrected chi connectivity index (χ2v) is 8.11. The second-order valence-electron chi connectivity index (χ2n) is 8.11. The molecule has 1 aromatic carbocycles. The van der Waals surface area contributed by atoms with E-state index in [2.05, 4.69) is 17.4 Å². The van der Waals surface area contributed by atoms with Gasteiger partial charge in [-0.05, 0) is 49.9 Å². The largest absolute Gasteiger partial charge is 0.341 e. The van der Waals surface area contributed by atoms with Crippen molar-refractivity contribution in [3.8, 4) is 0 Å². The first-order chi connectivity index (χ1) is 13.0. The zero-order valence-corrected chi connectivity index (χ0v) is 16.9. The maximum Gasteiger partial charge on any atom is 0.245 e. The molecule has 2 aliphatic heterocycles. The number of rotatable bonds is 5. The predicted octanol–water partition coefficient (Wildman–Crippen LogP) is 2.44. The molecule has 5 nitrogen and oxygen atoms in total. The van der Waals surface area contributed by atoms with E-state index in [1.165, 1.54) is 11.1 Å². The topological polar surface area (TPSA) is 52.7 Å². The summed E-state index contributed by atoms with van der Waals surface area (Å²) in [6, 6.07) is 7.85. The molecule has 1 fully saturated rings. The van der Waals surface area contributed by atoms with Crippen molar-refractivity contribution in [1.29, 1.82) is 0 Å². The van der Waals surface area contributed by atoms with Gasteiger partial charge in [-0.25, -0.2) is 0 Å². The van der Waals surface area contributed by atoms with E-state index in [4.69, 9.17) is 0 Å². The number of hydrogen-bond acceptors (Lipinski definition) is 3. The fourth-order valence-corrected chi connectivity index (χ4v) is 4.36. The lowest BCUT2D eigenvalue weighted by atomic mass is 9.90.